The molecule has 62 valence electrons. The summed E-state index contributed by atoms with van der Waals surface area (Å²) in [4.78, 5) is 7.54. The molecule has 12 heavy (non-hydrogen) atoms. The minimum atomic E-state index is 0.436. The minimum Gasteiger partial charge on any atom is -0.312 e. The van der Waals surface area contributed by atoms with Crippen LogP contribution in [0.15, 0.2) is 18.3 Å². The van der Waals surface area contributed by atoms with Gasteiger partial charge in [-0.05, 0) is 18.1 Å². The van der Waals surface area contributed by atoms with Gasteiger partial charge in [-0.1, -0.05) is 13.8 Å². The molecule has 0 aliphatic carbocycles. The summed E-state index contributed by atoms with van der Waals surface area (Å²) >= 11 is 0. The van der Waals surface area contributed by atoms with Crippen LogP contribution in [-0.2, 0) is 6.54 Å². The number of aromatic nitrogens is 1. The monoisotopic (exact) mass is 160 g/mol. The molecule has 0 saturated heterocycles. The van der Waals surface area contributed by atoms with Gasteiger partial charge in [-0.15, -0.1) is 0 Å². The lowest BCUT2D eigenvalue weighted by molar-refractivity contribution is 0.820. The minimum absolute atomic E-state index is 0.436. The normalized spacial score (nSPS) is 9.83. The van der Waals surface area contributed by atoms with Crippen molar-refractivity contribution in [3.63, 3.8) is 0 Å². The van der Waals surface area contributed by atoms with E-state index in [4.69, 9.17) is 6.57 Å². The zero-order valence-corrected chi connectivity index (χ0v) is 7.41. The highest BCUT2D eigenvalue weighted by atomic mass is 14.7. The molecule has 0 saturated carbocycles. The largest absolute Gasteiger partial charge is 0.312 e. The Bertz CT molecular complexity index is 280. The average molecular weight is 160 g/mol. The van der Waals surface area contributed by atoms with E-state index in [0.29, 0.717) is 12.5 Å². The Morgan fingerprint density at radius 3 is 2.67 bits per heavy atom. The molecular weight excluding hydrogens is 148 g/mol. The predicted octanol–water partition coefficient (Wildman–Crippen LogP) is 2.62. The SMILES string of the molecule is [C-]#[N+]Cc1ccc(C(C)C)nc1. The Morgan fingerprint density at radius 1 is 1.50 bits per heavy atom. The van der Waals surface area contributed by atoms with Crippen molar-refractivity contribution in [3.05, 3.63) is 41.0 Å². The van der Waals surface area contributed by atoms with Crippen LogP contribution in [-0.4, -0.2) is 4.98 Å². The first kappa shape index (κ1) is 8.73. The van der Waals surface area contributed by atoms with Crippen LogP contribution >= 0.6 is 0 Å². The summed E-state index contributed by atoms with van der Waals surface area (Å²) in [6.07, 6.45) is 1.79. The third-order valence-electron chi connectivity index (χ3n) is 1.70. The third kappa shape index (κ3) is 2.06. The van der Waals surface area contributed by atoms with E-state index in [9.17, 15) is 0 Å². The van der Waals surface area contributed by atoms with Crippen molar-refractivity contribution < 1.29 is 0 Å². The van der Waals surface area contributed by atoms with Crippen molar-refractivity contribution in [3.8, 4) is 0 Å². The molecule has 0 fully saturated rings. The molecule has 0 spiro atoms. The van der Waals surface area contributed by atoms with Gasteiger partial charge in [0.2, 0.25) is 6.54 Å². The lowest BCUT2D eigenvalue weighted by Gasteiger charge is -2.02. The molecule has 0 unspecified atom stereocenters. The highest BCUT2D eigenvalue weighted by Crippen LogP contribution is 2.11. The van der Waals surface area contributed by atoms with Gasteiger partial charge in [0.1, 0.15) is 0 Å². The van der Waals surface area contributed by atoms with Crippen LogP contribution in [0.1, 0.15) is 31.0 Å². The Labute approximate surface area is 73.1 Å². The fraction of sp³-hybridized carbons (Fsp3) is 0.400. The van der Waals surface area contributed by atoms with E-state index in [1.807, 2.05) is 12.1 Å². The second-order valence-electron chi connectivity index (χ2n) is 3.06. The molecule has 0 aromatic carbocycles. The molecule has 1 aromatic rings. The number of pyridine rings is 1. The van der Waals surface area contributed by atoms with E-state index in [2.05, 4.69) is 23.7 Å². The maximum absolute atomic E-state index is 6.68. The van der Waals surface area contributed by atoms with Crippen LogP contribution in [0.25, 0.3) is 4.85 Å². The molecule has 0 bridgehead atoms. The number of nitrogens with zero attached hydrogens (tertiary/aromatic N) is 2. The molecule has 1 rings (SSSR count). The molecule has 2 heteroatoms. The summed E-state index contributed by atoms with van der Waals surface area (Å²) in [7, 11) is 0. The Hall–Kier alpha value is -1.36. The van der Waals surface area contributed by atoms with Crippen molar-refractivity contribution in [2.45, 2.75) is 26.3 Å². The first-order valence-corrected chi connectivity index (χ1v) is 4.02. The van der Waals surface area contributed by atoms with Gasteiger partial charge in [-0.25, -0.2) is 6.57 Å². The standard InChI is InChI=1S/C10H12N2/c1-8(2)10-5-4-9(6-11-3)7-12-10/h4-5,7-8H,6H2,1-2H3. The van der Waals surface area contributed by atoms with Crippen LogP contribution in [0, 0.1) is 6.57 Å². The average Bonchev–Trinajstić information content (AvgIpc) is 2.06. The van der Waals surface area contributed by atoms with Crippen LogP contribution in [0.2, 0.25) is 0 Å². The van der Waals surface area contributed by atoms with Gasteiger partial charge >= 0.3 is 0 Å². The van der Waals surface area contributed by atoms with Gasteiger partial charge < -0.3 is 4.85 Å². The second kappa shape index (κ2) is 3.87. The van der Waals surface area contributed by atoms with Crippen LogP contribution in [0.5, 0.6) is 0 Å². The van der Waals surface area contributed by atoms with Gasteiger partial charge in [0, 0.05) is 17.5 Å². The zero-order valence-electron chi connectivity index (χ0n) is 7.41. The lowest BCUT2D eigenvalue weighted by Crippen LogP contribution is -1.92. The Balaban J connectivity index is 2.80. The second-order valence-corrected chi connectivity index (χ2v) is 3.06. The smallest absolute Gasteiger partial charge is 0.241 e. The summed E-state index contributed by atoms with van der Waals surface area (Å²) in [5, 5.41) is 0. The third-order valence-corrected chi connectivity index (χ3v) is 1.70. The highest BCUT2D eigenvalue weighted by Gasteiger charge is 2.00. The molecular formula is C10H12N2. The molecule has 0 amide bonds. The Morgan fingerprint density at radius 2 is 2.25 bits per heavy atom. The quantitative estimate of drug-likeness (QED) is 0.608. The maximum atomic E-state index is 6.68. The zero-order chi connectivity index (χ0) is 8.97. The topological polar surface area (TPSA) is 17.2 Å². The molecule has 0 aliphatic rings. The fourth-order valence-electron chi connectivity index (χ4n) is 0.962. The molecule has 1 aromatic heterocycles. The Kier molecular flexibility index (Phi) is 2.82. The summed E-state index contributed by atoms with van der Waals surface area (Å²) in [6.45, 7) is 11.3. The van der Waals surface area contributed by atoms with E-state index >= 15 is 0 Å². The molecule has 0 radical (unpaired) electrons. The fourth-order valence-corrected chi connectivity index (χ4v) is 0.962. The van der Waals surface area contributed by atoms with Crippen molar-refractivity contribution in [1.82, 2.24) is 4.98 Å². The van der Waals surface area contributed by atoms with Crippen LogP contribution in [0.4, 0.5) is 0 Å². The molecule has 0 atom stereocenters. The summed E-state index contributed by atoms with van der Waals surface area (Å²) < 4.78 is 0. The first-order valence-electron chi connectivity index (χ1n) is 4.02. The molecule has 0 N–H and O–H groups in total. The maximum Gasteiger partial charge on any atom is 0.241 e. The summed E-state index contributed by atoms with van der Waals surface area (Å²) in [5.41, 5.74) is 2.08. The molecule has 1 heterocycles. The predicted molar refractivity (Wildman–Crippen MR) is 48.6 cm³/mol. The number of rotatable bonds is 2. The highest BCUT2D eigenvalue weighted by molar-refractivity contribution is 5.16. The van der Waals surface area contributed by atoms with Crippen molar-refractivity contribution >= 4 is 0 Å². The number of hydrogen-bond donors (Lipinski definition) is 0. The van der Waals surface area contributed by atoms with E-state index < -0.39 is 0 Å². The van der Waals surface area contributed by atoms with Gasteiger partial charge in [0.25, 0.3) is 0 Å². The van der Waals surface area contributed by atoms with Gasteiger partial charge in [-0.2, -0.15) is 0 Å². The van der Waals surface area contributed by atoms with Crippen LogP contribution in [0.3, 0.4) is 0 Å². The van der Waals surface area contributed by atoms with Crippen molar-refractivity contribution in [1.29, 1.82) is 0 Å². The summed E-state index contributed by atoms with van der Waals surface area (Å²) in [6, 6.07) is 3.96. The van der Waals surface area contributed by atoms with E-state index in [1.165, 1.54) is 0 Å². The van der Waals surface area contributed by atoms with Gasteiger partial charge in [0.05, 0.1) is 0 Å². The molecule has 0 aliphatic heterocycles. The van der Waals surface area contributed by atoms with Crippen molar-refractivity contribution in [2.75, 3.05) is 0 Å². The first-order chi connectivity index (χ1) is 5.74. The van der Waals surface area contributed by atoms with E-state index in [1.54, 1.807) is 6.20 Å². The van der Waals surface area contributed by atoms with Gasteiger partial charge in [0.15, 0.2) is 0 Å². The van der Waals surface area contributed by atoms with Crippen molar-refractivity contribution in [2.24, 2.45) is 0 Å². The number of hydrogen-bond acceptors (Lipinski definition) is 1. The molecule has 2 nitrogen and oxygen atoms in total. The van der Waals surface area contributed by atoms with E-state index in [-0.39, 0.29) is 0 Å². The summed E-state index contributed by atoms with van der Waals surface area (Å²) in [5.74, 6) is 0.465. The van der Waals surface area contributed by atoms with Gasteiger partial charge in [-0.3, -0.25) is 4.98 Å². The lowest BCUT2D eigenvalue weighted by atomic mass is 10.1. The van der Waals surface area contributed by atoms with Crippen LogP contribution < -0.4 is 0 Å². The van der Waals surface area contributed by atoms with E-state index in [0.717, 1.165) is 11.3 Å².